The van der Waals surface area contributed by atoms with E-state index >= 15 is 0 Å². The molecule has 0 aliphatic carbocycles. The van der Waals surface area contributed by atoms with Crippen molar-refractivity contribution in [2.75, 3.05) is 20.3 Å². The maximum Gasteiger partial charge on any atom is 0.306 e. The molecular formula is C19H27N3O8. The van der Waals surface area contributed by atoms with E-state index in [-0.39, 0.29) is 48.1 Å². The number of ether oxygens (including phenoxy) is 3. The number of nitrogens with one attached hydrogen (secondary N) is 1. The average Bonchev–Trinajstić information content (AvgIpc) is 2.67. The van der Waals surface area contributed by atoms with Crippen LogP contribution in [-0.2, 0) is 19.1 Å². The summed E-state index contributed by atoms with van der Waals surface area (Å²) in [5.74, 6) is -0.863. The summed E-state index contributed by atoms with van der Waals surface area (Å²) in [6.07, 6.45) is -0.0000956. The predicted molar refractivity (Wildman–Crippen MR) is 106 cm³/mol. The van der Waals surface area contributed by atoms with Gasteiger partial charge in [-0.1, -0.05) is 0 Å². The predicted octanol–water partition coefficient (Wildman–Crippen LogP) is 1.77. The number of carbonyl (C=O) groups is 3. The molecule has 0 bridgehead atoms. The summed E-state index contributed by atoms with van der Waals surface area (Å²) >= 11 is 0. The quantitative estimate of drug-likeness (QED) is 0.209. The van der Waals surface area contributed by atoms with E-state index in [0.717, 1.165) is 0 Å². The van der Waals surface area contributed by atoms with Crippen molar-refractivity contribution in [3.05, 3.63) is 27.8 Å². The fourth-order valence-corrected chi connectivity index (χ4v) is 2.57. The number of benzene rings is 1. The van der Waals surface area contributed by atoms with Crippen molar-refractivity contribution >= 4 is 23.5 Å². The first-order chi connectivity index (χ1) is 14.1. The standard InChI is InChI=1S/C19H27N3O8/c1-12(30-19(25)7-4-8-21-13(2)23)14-10-16(28-3)17(11-15(14)22(26)27)29-9-5-6-18(20)24/h10-12H,4-9H2,1-3H3,(H2,20,24)(H,21,23). The maximum atomic E-state index is 12.0. The SMILES string of the molecule is COc1cc(C(C)OC(=O)CCCNC(C)=O)c([N+](=O)[O-])cc1OCCCC(N)=O. The van der Waals surface area contributed by atoms with Crippen molar-refractivity contribution < 1.29 is 33.5 Å². The van der Waals surface area contributed by atoms with Gasteiger partial charge in [-0.15, -0.1) is 0 Å². The van der Waals surface area contributed by atoms with Crippen molar-refractivity contribution in [1.29, 1.82) is 0 Å². The number of nitrogens with zero attached hydrogens (tertiary/aromatic N) is 1. The third kappa shape index (κ3) is 8.33. The van der Waals surface area contributed by atoms with Crippen LogP contribution in [0.15, 0.2) is 12.1 Å². The highest BCUT2D eigenvalue weighted by Gasteiger charge is 2.26. The van der Waals surface area contributed by atoms with Gasteiger partial charge in [0.15, 0.2) is 11.5 Å². The minimum absolute atomic E-state index is 0.0522. The number of methoxy groups -OCH3 is 1. The van der Waals surface area contributed by atoms with Gasteiger partial charge >= 0.3 is 5.97 Å². The number of nitrogens with two attached hydrogens (primary N) is 1. The first kappa shape index (κ1) is 24.7. The Morgan fingerprint density at radius 3 is 2.47 bits per heavy atom. The molecule has 166 valence electrons. The zero-order chi connectivity index (χ0) is 22.7. The lowest BCUT2D eigenvalue weighted by molar-refractivity contribution is -0.386. The molecule has 3 N–H and O–H groups in total. The van der Waals surface area contributed by atoms with E-state index < -0.39 is 22.9 Å². The third-order valence-corrected chi connectivity index (χ3v) is 4.01. The van der Waals surface area contributed by atoms with Gasteiger partial charge < -0.3 is 25.3 Å². The molecule has 30 heavy (non-hydrogen) atoms. The number of nitro benzene ring substituents is 1. The molecule has 1 aromatic carbocycles. The smallest absolute Gasteiger partial charge is 0.306 e. The molecule has 0 fully saturated rings. The van der Waals surface area contributed by atoms with Crippen LogP contribution in [0.5, 0.6) is 11.5 Å². The topological polar surface area (TPSA) is 160 Å². The Balaban J connectivity index is 2.88. The van der Waals surface area contributed by atoms with Crippen LogP contribution >= 0.6 is 0 Å². The minimum Gasteiger partial charge on any atom is -0.493 e. The van der Waals surface area contributed by atoms with Gasteiger partial charge in [0.25, 0.3) is 5.69 Å². The van der Waals surface area contributed by atoms with Crippen LogP contribution in [0.4, 0.5) is 5.69 Å². The molecule has 2 amide bonds. The van der Waals surface area contributed by atoms with Crippen LogP contribution in [-0.4, -0.2) is 43.0 Å². The number of hydrogen-bond donors (Lipinski definition) is 2. The molecule has 1 atom stereocenters. The Bertz CT molecular complexity index is 781. The normalized spacial score (nSPS) is 11.3. The second-order valence-electron chi connectivity index (χ2n) is 6.46. The fraction of sp³-hybridized carbons (Fsp3) is 0.526. The Hall–Kier alpha value is -3.37. The van der Waals surface area contributed by atoms with Crippen molar-refractivity contribution in [2.45, 2.75) is 45.6 Å². The van der Waals surface area contributed by atoms with Crippen LogP contribution in [0.1, 0.15) is 51.2 Å². The molecule has 0 aliphatic heterocycles. The van der Waals surface area contributed by atoms with Crippen LogP contribution < -0.4 is 20.5 Å². The van der Waals surface area contributed by atoms with Gasteiger partial charge in [-0.3, -0.25) is 24.5 Å². The van der Waals surface area contributed by atoms with Crippen LogP contribution in [0.25, 0.3) is 0 Å². The fourth-order valence-electron chi connectivity index (χ4n) is 2.57. The molecule has 1 rings (SSSR count). The first-order valence-electron chi connectivity index (χ1n) is 9.37. The molecule has 0 heterocycles. The number of amides is 2. The van der Waals surface area contributed by atoms with Gasteiger partial charge in [0.2, 0.25) is 11.8 Å². The molecule has 1 unspecified atom stereocenters. The van der Waals surface area contributed by atoms with Crippen LogP contribution in [0, 0.1) is 10.1 Å². The molecule has 0 aromatic heterocycles. The summed E-state index contributed by atoms with van der Waals surface area (Å²) in [6, 6.07) is 2.58. The van der Waals surface area contributed by atoms with E-state index in [1.54, 1.807) is 0 Å². The van der Waals surface area contributed by atoms with Gasteiger partial charge in [0, 0.05) is 26.3 Å². The van der Waals surface area contributed by atoms with E-state index in [2.05, 4.69) is 5.32 Å². The van der Waals surface area contributed by atoms with E-state index in [1.807, 2.05) is 0 Å². The zero-order valence-electron chi connectivity index (χ0n) is 17.3. The number of carbonyl (C=O) groups excluding carboxylic acids is 3. The van der Waals surface area contributed by atoms with Crippen molar-refractivity contribution in [3.63, 3.8) is 0 Å². The number of hydrogen-bond acceptors (Lipinski definition) is 8. The Morgan fingerprint density at radius 2 is 1.90 bits per heavy atom. The Morgan fingerprint density at radius 1 is 1.20 bits per heavy atom. The molecule has 0 radical (unpaired) electrons. The molecule has 1 aromatic rings. The maximum absolute atomic E-state index is 12.0. The molecule has 11 nitrogen and oxygen atoms in total. The summed E-state index contributed by atoms with van der Waals surface area (Å²) in [5.41, 5.74) is 4.93. The molecule has 11 heteroatoms. The van der Waals surface area contributed by atoms with E-state index in [0.29, 0.717) is 19.4 Å². The second kappa shape index (κ2) is 12.2. The average molecular weight is 425 g/mol. The van der Waals surface area contributed by atoms with Gasteiger partial charge in [-0.25, -0.2) is 0 Å². The Kier molecular flexibility index (Phi) is 10.1. The summed E-state index contributed by atoms with van der Waals surface area (Å²) in [7, 11) is 1.37. The van der Waals surface area contributed by atoms with Gasteiger partial charge in [0.1, 0.15) is 6.10 Å². The van der Waals surface area contributed by atoms with Crippen LogP contribution in [0.3, 0.4) is 0 Å². The Labute approximate surface area is 174 Å². The third-order valence-electron chi connectivity index (χ3n) is 4.01. The van der Waals surface area contributed by atoms with Crippen molar-refractivity contribution in [3.8, 4) is 11.5 Å². The molecule has 0 saturated heterocycles. The molecule has 0 aliphatic rings. The lowest BCUT2D eigenvalue weighted by Crippen LogP contribution is -2.22. The summed E-state index contributed by atoms with van der Waals surface area (Å²) in [4.78, 5) is 44.5. The largest absolute Gasteiger partial charge is 0.493 e. The number of esters is 1. The highest BCUT2D eigenvalue weighted by atomic mass is 16.6. The van der Waals surface area contributed by atoms with E-state index in [4.69, 9.17) is 19.9 Å². The van der Waals surface area contributed by atoms with Crippen molar-refractivity contribution in [2.24, 2.45) is 5.73 Å². The van der Waals surface area contributed by atoms with E-state index in [9.17, 15) is 24.5 Å². The summed E-state index contributed by atoms with van der Waals surface area (Å²) < 4.78 is 16.0. The molecule has 0 spiro atoms. The van der Waals surface area contributed by atoms with Crippen LogP contribution in [0.2, 0.25) is 0 Å². The van der Waals surface area contributed by atoms with Gasteiger partial charge in [0.05, 0.1) is 30.3 Å². The monoisotopic (exact) mass is 425 g/mol. The lowest BCUT2D eigenvalue weighted by Gasteiger charge is -2.17. The number of rotatable bonds is 13. The summed E-state index contributed by atoms with van der Waals surface area (Å²) in [6.45, 7) is 3.34. The number of nitro groups is 1. The van der Waals surface area contributed by atoms with Gasteiger partial charge in [-0.05, 0) is 25.8 Å². The summed E-state index contributed by atoms with van der Waals surface area (Å²) in [5, 5.41) is 14.1. The zero-order valence-corrected chi connectivity index (χ0v) is 17.3. The molecule has 0 saturated carbocycles. The lowest BCUT2D eigenvalue weighted by atomic mass is 10.1. The minimum atomic E-state index is -0.906. The number of primary amides is 1. The first-order valence-corrected chi connectivity index (χ1v) is 9.37. The molecular weight excluding hydrogens is 398 g/mol. The van der Waals surface area contributed by atoms with Crippen molar-refractivity contribution in [1.82, 2.24) is 5.32 Å². The highest BCUT2D eigenvalue weighted by molar-refractivity contribution is 5.73. The van der Waals surface area contributed by atoms with E-state index in [1.165, 1.54) is 33.1 Å². The van der Waals surface area contributed by atoms with Gasteiger partial charge in [-0.2, -0.15) is 0 Å². The highest BCUT2D eigenvalue weighted by Crippen LogP contribution is 2.38. The second-order valence-corrected chi connectivity index (χ2v) is 6.46.